The molecule has 0 amide bonds. The predicted molar refractivity (Wildman–Crippen MR) is 122 cm³/mol. The third kappa shape index (κ3) is 5.74. The summed E-state index contributed by atoms with van der Waals surface area (Å²) < 4.78 is 40.4. The number of unbranched alkanes of at least 4 members (excludes halogenated alkanes) is 1. The Hall–Kier alpha value is -2.73. The number of hydrogen-bond donors (Lipinski definition) is 1. The maximum absolute atomic E-state index is 15.4. The first-order valence-electron chi connectivity index (χ1n) is 11.1. The normalized spacial score (nSPS) is 14.2. The van der Waals surface area contributed by atoms with E-state index in [0.717, 1.165) is 25.7 Å². The molecule has 1 fully saturated rings. The van der Waals surface area contributed by atoms with Crippen LogP contribution in [0.5, 0.6) is 5.75 Å². The maximum Gasteiger partial charge on any atom is 0.307 e. The molecule has 1 aliphatic rings. The summed E-state index contributed by atoms with van der Waals surface area (Å²) in [6.45, 7) is 7.86. The summed E-state index contributed by atoms with van der Waals surface area (Å²) in [5.74, 6) is -0.706. The first-order chi connectivity index (χ1) is 15.3. The molecular weight excluding hydrogens is 412 g/mol. The molecule has 0 heterocycles. The van der Waals surface area contributed by atoms with E-state index in [0.29, 0.717) is 34.6 Å². The van der Waals surface area contributed by atoms with E-state index in [9.17, 15) is 9.18 Å². The molecule has 6 heteroatoms. The molecule has 0 aromatic heterocycles. The van der Waals surface area contributed by atoms with Gasteiger partial charge < -0.3 is 15.2 Å². The van der Waals surface area contributed by atoms with Crippen LogP contribution >= 0.6 is 0 Å². The van der Waals surface area contributed by atoms with Crippen LogP contribution in [0.25, 0.3) is 11.1 Å². The smallest absolute Gasteiger partial charge is 0.307 e. The van der Waals surface area contributed by atoms with Crippen LogP contribution in [0.2, 0.25) is 0 Å². The van der Waals surface area contributed by atoms with Crippen LogP contribution in [0, 0.1) is 18.6 Å². The number of rotatable bonds is 11. The van der Waals surface area contributed by atoms with Crippen molar-refractivity contribution in [1.82, 2.24) is 0 Å². The van der Waals surface area contributed by atoms with Gasteiger partial charge in [-0.3, -0.25) is 4.79 Å². The second kappa shape index (κ2) is 10.7. The van der Waals surface area contributed by atoms with E-state index in [1.165, 1.54) is 12.1 Å². The molecule has 1 saturated carbocycles. The molecule has 4 nitrogen and oxygen atoms in total. The summed E-state index contributed by atoms with van der Waals surface area (Å²) in [5, 5.41) is 0. The number of carbonyl (C=O) groups excluding carboxylic acids is 1. The molecule has 32 heavy (non-hydrogen) atoms. The quantitative estimate of drug-likeness (QED) is 0.258. The number of esters is 1. The number of hydrogen-bond acceptors (Lipinski definition) is 4. The van der Waals surface area contributed by atoms with Crippen molar-refractivity contribution in [3.05, 3.63) is 65.2 Å². The van der Waals surface area contributed by atoms with Gasteiger partial charge in [-0.25, -0.2) is 8.78 Å². The summed E-state index contributed by atoms with van der Waals surface area (Å²) in [6, 6.07) is 5.41. The van der Waals surface area contributed by atoms with Crippen molar-refractivity contribution in [3.8, 4) is 16.9 Å². The fourth-order valence-corrected chi connectivity index (χ4v) is 3.89. The van der Waals surface area contributed by atoms with Crippen LogP contribution in [0.1, 0.15) is 67.7 Å². The van der Waals surface area contributed by atoms with Gasteiger partial charge in [0.25, 0.3) is 0 Å². The minimum Gasteiger partial charge on any atom is -0.493 e. The molecule has 0 saturated heterocycles. The highest BCUT2D eigenvalue weighted by Crippen LogP contribution is 2.45. The van der Waals surface area contributed by atoms with Gasteiger partial charge in [0.15, 0.2) is 0 Å². The zero-order valence-electron chi connectivity index (χ0n) is 18.8. The van der Waals surface area contributed by atoms with Crippen molar-refractivity contribution in [2.75, 3.05) is 13.2 Å². The molecule has 0 bridgehead atoms. The standard InChI is InChI=1S/C26H31F2NO3/c1-4-6-7-10-32-23-14-19(27)11-16(3)25(23)18-12-20(17-8-9-17)26(28)21(13-18)22(29)15-24(30)31-5-2/h4,11-14,17,22H,1,5-10,15,29H2,2-3H3/t22-/m0/s1. The zero-order valence-corrected chi connectivity index (χ0v) is 18.8. The Morgan fingerprint density at radius 2 is 2.03 bits per heavy atom. The number of carbonyl (C=O) groups is 1. The first-order valence-corrected chi connectivity index (χ1v) is 11.1. The average Bonchev–Trinajstić information content (AvgIpc) is 3.56. The van der Waals surface area contributed by atoms with Gasteiger partial charge in [0.05, 0.1) is 19.6 Å². The zero-order chi connectivity index (χ0) is 23.3. The Balaban J connectivity index is 2.04. The van der Waals surface area contributed by atoms with Gasteiger partial charge in [-0.05, 0) is 80.3 Å². The van der Waals surface area contributed by atoms with Gasteiger partial charge in [0.2, 0.25) is 0 Å². The fraction of sp³-hybridized carbons (Fsp3) is 0.423. The van der Waals surface area contributed by atoms with Crippen molar-refractivity contribution in [3.63, 3.8) is 0 Å². The van der Waals surface area contributed by atoms with Crippen molar-refractivity contribution < 1.29 is 23.0 Å². The number of aryl methyl sites for hydroxylation is 1. The molecular formula is C26H31F2NO3. The monoisotopic (exact) mass is 443 g/mol. The first kappa shape index (κ1) is 23.9. The van der Waals surface area contributed by atoms with E-state index in [1.54, 1.807) is 26.0 Å². The average molecular weight is 444 g/mol. The molecule has 172 valence electrons. The molecule has 2 aromatic rings. The van der Waals surface area contributed by atoms with Gasteiger partial charge in [0, 0.05) is 23.2 Å². The molecule has 3 rings (SSSR count). The lowest BCUT2D eigenvalue weighted by Crippen LogP contribution is -2.19. The number of benzene rings is 2. The number of halogens is 2. The summed E-state index contributed by atoms with van der Waals surface area (Å²) in [7, 11) is 0. The lowest BCUT2D eigenvalue weighted by Gasteiger charge is -2.20. The van der Waals surface area contributed by atoms with Gasteiger partial charge in [0.1, 0.15) is 17.4 Å². The lowest BCUT2D eigenvalue weighted by atomic mass is 9.91. The number of nitrogens with two attached hydrogens (primary N) is 1. The highest BCUT2D eigenvalue weighted by molar-refractivity contribution is 5.76. The van der Waals surface area contributed by atoms with Crippen LogP contribution in [0.15, 0.2) is 36.9 Å². The molecule has 1 aliphatic carbocycles. The second-order valence-corrected chi connectivity index (χ2v) is 8.23. The van der Waals surface area contributed by atoms with E-state index in [4.69, 9.17) is 15.2 Å². The predicted octanol–water partition coefficient (Wildman–Crippen LogP) is 6.12. The minimum atomic E-state index is -0.843. The third-order valence-electron chi connectivity index (χ3n) is 5.60. The summed E-state index contributed by atoms with van der Waals surface area (Å²) in [6.07, 6.45) is 5.04. The third-order valence-corrected chi connectivity index (χ3v) is 5.60. The van der Waals surface area contributed by atoms with Crippen LogP contribution in [-0.2, 0) is 9.53 Å². The summed E-state index contributed by atoms with van der Waals surface area (Å²) >= 11 is 0. The van der Waals surface area contributed by atoms with E-state index in [-0.39, 0.29) is 30.3 Å². The number of ether oxygens (including phenoxy) is 2. The molecule has 0 radical (unpaired) electrons. The van der Waals surface area contributed by atoms with Crippen molar-refractivity contribution in [2.24, 2.45) is 5.73 Å². The van der Waals surface area contributed by atoms with Gasteiger partial charge in [-0.15, -0.1) is 6.58 Å². The number of allylic oxidation sites excluding steroid dienone is 1. The van der Waals surface area contributed by atoms with Crippen molar-refractivity contribution in [2.45, 2.75) is 57.9 Å². The van der Waals surface area contributed by atoms with Crippen molar-refractivity contribution in [1.29, 1.82) is 0 Å². The second-order valence-electron chi connectivity index (χ2n) is 8.23. The van der Waals surface area contributed by atoms with Crippen LogP contribution in [-0.4, -0.2) is 19.2 Å². The van der Waals surface area contributed by atoms with Crippen LogP contribution in [0.3, 0.4) is 0 Å². The van der Waals surface area contributed by atoms with Gasteiger partial charge in [-0.1, -0.05) is 6.08 Å². The van der Waals surface area contributed by atoms with Crippen LogP contribution < -0.4 is 10.5 Å². The fourth-order valence-electron chi connectivity index (χ4n) is 3.89. The molecule has 0 unspecified atom stereocenters. The molecule has 2 N–H and O–H groups in total. The topological polar surface area (TPSA) is 61.5 Å². The lowest BCUT2D eigenvalue weighted by molar-refractivity contribution is -0.143. The van der Waals surface area contributed by atoms with E-state index < -0.39 is 17.8 Å². The van der Waals surface area contributed by atoms with Crippen molar-refractivity contribution >= 4 is 5.97 Å². The van der Waals surface area contributed by atoms with Crippen LogP contribution in [0.4, 0.5) is 8.78 Å². The maximum atomic E-state index is 15.4. The van der Waals surface area contributed by atoms with Gasteiger partial charge in [-0.2, -0.15) is 0 Å². The van der Waals surface area contributed by atoms with Gasteiger partial charge >= 0.3 is 5.97 Å². The molecule has 2 aromatic carbocycles. The largest absolute Gasteiger partial charge is 0.493 e. The highest BCUT2D eigenvalue weighted by Gasteiger charge is 2.30. The van der Waals surface area contributed by atoms with E-state index in [2.05, 4.69) is 6.58 Å². The SMILES string of the molecule is C=CCCCOc1cc(F)cc(C)c1-c1cc(C2CC2)c(F)c([C@@H](N)CC(=O)OCC)c1. The Morgan fingerprint density at radius 1 is 1.28 bits per heavy atom. The van der Waals surface area contributed by atoms with E-state index >= 15 is 4.39 Å². The van der Waals surface area contributed by atoms with E-state index in [1.807, 2.05) is 6.07 Å². The molecule has 0 spiro atoms. The Labute approximate surface area is 188 Å². The summed E-state index contributed by atoms with van der Waals surface area (Å²) in [5.41, 5.74) is 9.17. The molecule has 0 aliphatic heterocycles. The Bertz CT molecular complexity index is 986. The Morgan fingerprint density at radius 3 is 2.69 bits per heavy atom. The highest BCUT2D eigenvalue weighted by atomic mass is 19.1. The minimum absolute atomic E-state index is 0.119. The summed E-state index contributed by atoms with van der Waals surface area (Å²) in [4.78, 5) is 11.9. The molecule has 1 atom stereocenters. The Kier molecular flexibility index (Phi) is 8.02.